The van der Waals surface area contributed by atoms with Gasteiger partial charge in [-0.3, -0.25) is 4.21 Å². The minimum atomic E-state index is -2.10. The SMILES string of the molecule is O=S([O-])c1ccc(SCC2CS2)cc1. The molecule has 0 amide bonds. The fourth-order valence-corrected chi connectivity index (χ4v) is 3.18. The van der Waals surface area contributed by atoms with Crippen LogP contribution in [0.25, 0.3) is 0 Å². The number of thioether (sulfide) groups is 2. The fraction of sp³-hybridized carbons (Fsp3) is 0.333. The molecule has 76 valence electrons. The van der Waals surface area contributed by atoms with Crippen molar-refractivity contribution in [2.24, 2.45) is 0 Å². The second kappa shape index (κ2) is 4.70. The Morgan fingerprint density at radius 3 is 2.64 bits per heavy atom. The van der Waals surface area contributed by atoms with Crippen LogP contribution in [0.5, 0.6) is 0 Å². The molecule has 0 aliphatic carbocycles. The molecule has 0 bridgehead atoms. The van der Waals surface area contributed by atoms with E-state index in [1.54, 1.807) is 23.9 Å². The van der Waals surface area contributed by atoms with Crippen LogP contribution in [0.1, 0.15) is 0 Å². The lowest BCUT2D eigenvalue weighted by Crippen LogP contribution is -1.89. The summed E-state index contributed by atoms with van der Waals surface area (Å²) in [6.07, 6.45) is 0. The summed E-state index contributed by atoms with van der Waals surface area (Å²) in [5.41, 5.74) is 0. The first kappa shape index (κ1) is 10.5. The van der Waals surface area contributed by atoms with Crippen molar-refractivity contribution < 1.29 is 8.76 Å². The zero-order valence-electron chi connectivity index (χ0n) is 7.34. The topological polar surface area (TPSA) is 40.1 Å². The predicted molar refractivity (Wildman–Crippen MR) is 60.6 cm³/mol. The van der Waals surface area contributed by atoms with Gasteiger partial charge in [0.1, 0.15) is 0 Å². The molecule has 1 aromatic rings. The van der Waals surface area contributed by atoms with Crippen LogP contribution >= 0.6 is 23.5 Å². The molecule has 1 fully saturated rings. The fourth-order valence-electron chi connectivity index (χ4n) is 1.00. The molecule has 0 radical (unpaired) electrons. The van der Waals surface area contributed by atoms with Crippen LogP contribution in [0.15, 0.2) is 34.1 Å². The van der Waals surface area contributed by atoms with E-state index < -0.39 is 11.1 Å². The standard InChI is InChI=1S/C9H10O2S3/c10-14(11)9-3-1-7(2-4-9)12-5-8-6-13-8/h1-4,8H,5-6H2,(H,10,11)/p-1. The van der Waals surface area contributed by atoms with Crippen molar-refractivity contribution in [2.75, 3.05) is 11.5 Å². The molecule has 14 heavy (non-hydrogen) atoms. The Balaban J connectivity index is 1.94. The summed E-state index contributed by atoms with van der Waals surface area (Å²) in [6, 6.07) is 7.02. The summed E-state index contributed by atoms with van der Waals surface area (Å²) < 4.78 is 21.2. The van der Waals surface area contributed by atoms with E-state index in [0.717, 1.165) is 15.9 Å². The number of hydrogen-bond donors (Lipinski definition) is 0. The van der Waals surface area contributed by atoms with Gasteiger partial charge in [-0.05, 0) is 35.3 Å². The first-order valence-electron chi connectivity index (χ1n) is 4.19. The van der Waals surface area contributed by atoms with E-state index in [1.165, 1.54) is 5.75 Å². The van der Waals surface area contributed by atoms with Crippen molar-refractivity contribution in [3.63, 3.8) is 0 Å². The summed E-state index contributed by atoms with van der Waals surface area (Å²) >= 11 is 1.66. The van der Waals surface area contributed by atoms with Crippen molar-refractivity contribution in [2.45, 2.75) is 15.0 Å². The van der Waals surface area contributed by atoms with Crippen LogP contribution < -0.4 is 0 Å². The maximum atomic E-state index is 10.6. The largest absolute Gasteiger partial charge is 0.768 e. The van der Waals surface area contributed by atoms with E-state index in [4.69, 9.17) is 0 Å². The van der Waals surface area contributed by atoms with Gasteiger partial charge in [0.2, 0.25) is 0 Å². The third-order valence-corrected chi connectivity index (χ3v) is 4.87. The zero-order chi connectivity index (χ0) is 9.97. The second-order valence-electron chi connectivity index (χ2n) is 2.97. The summed E-state index contributed by atoms with van der Waals surface area (Å²) in [5, 5.41) is 0.813. The minimum absolute atomic E-state index is 0.357. The highest BCUT2D eigenvalue weighted by Gasteiger charge is 2.21. The highest BCUT2D eigenvalue weighted by Crippen LogP contribution is 2.35. The summed E-state index contributed by atoms with van der Waals surface area (Å²) in [4.78, 5) is 1.50. The molecule has 2 nitrogen and oxygen atoms in total. The van der Waals surface area contributed by atoms with Crippen molar-refractivity contribution in [3.8, 4) is 0 Å². The van der Waals surface area contributed by atoms with Gasteiger partial charge in [-0.1, -0.05) is 0 Å². The minimum Gasteiger partial charge on any atom is -0.768 e. The highest BCUT2D eigenvalue weighted by atomic mass is 32.2. The first-order valence-corrected chi connectivity index (χ1v) is 7.30. The average Bonchev–Trinajstić information content (AvgIpc) is 2.99. The van der Waals surface area contributed by atoms with Crippen molar-refractivity contribution >= 4 is 34.6 Å². The van der Waals surface area contributed by atoms with Crippen molar-refractivity contribution in [3.05, 3.63) is 24.3 Å². The molecule has 0 aromatic heterocycles. The summed E-state index contributed by atoms with van der Waals surface area (Å²) in [7, 11) is 0. The number of rotatable bonds is 4. The van der Waals surface area contributed by atoms with Crippen LogP contribution in [0.3, 0.4) is 0 Å². The highest BCUT2D eigenvalue weighted by molar-refractivity contribution is 8.08. The Bertz CT molecular complexity index is 332. The quantitative estimate of drug-likeness (QED) is 0.463. The molecule has 2 unspecified atom stereocenters. The van der Waals surface area contributed by atoms with Gasteiger partial charge < -0.3 is 4.55 Å². The Kier molecular flexibility index (Phi) is 3.54. The van der Waals surface area contributed by atoms with Crippen molar-refractivity contribution in [1.29, 1.82) is 0 Å². The van der Waals surface area contributed by atoms with Gasteiger partial charge >= 0.3 is 0 Å². The lowest BCUT2D eigenvalue weighted by molar-refractivity contribution is 0.537. The van der Waals surface area contributed by atoms with Gasteiger partial charge in [0.15, 0.2) is 0 Å². The van der Waals surface area contributed by atoms with Gasteiger partial charge in [-0.2, -0.15) is 11.8 Å². The zero-order valence-corrected chi connectivity index (χ0v) is 9.79. The van der Waals surface area contributed by atoms with Gasteiger partial charge in [0.25, 0.3) is 0 Å². The average molecular weight is 245 g/mol. The Morgan fingerprint density at radius 1 is 1.50 bits per heavy atom. The maximum Gasteiger partial charge on any atom is 0.0249 e. The molecule has 1 aliphatic heterocycles. The lowest BCUT2D eigenvalue weighted by Gasteiger charge is -2.05. The number of benzene rings is 1. The third-order valence-electron chi connectivity index (χ3n) is 1.85. The molecule has 5 heteroatoms. The molecule has 0 spiro atoms. The molecule has 0 N–H and O–H groups in total. The van der Waals surface area contributed by atoms with Crippen LogP contribution in [0, 0.1) is 0 Å². The molecule has 1 heterocycles. The first-order chi connectivity index (χ1) is 6.75. The van der Waals surface area contributed by atoms with E-state index in [2.05, 4.69) is 0 Å². The van der Waals surface area contributed by atoms with E-state index in [9.17, 15) is 8.76 Å². The van der Waals surface area contributed by atoms with Crippen LogP contribution in [0.2, 0.25) is 0 Å². The smallest absolute Gasteiger partial charge is 0.0249 e. The lowest BCUT2D eigenvalue weighted by atomic mass is 10.4. The summed E-state index contributed by atoms with van der Waals surface area (Å²) in [6.45, 7) is 0. The predicted octanol–water partition coefficient (Wildman–Crippen LogP) is 2.13. The van der Waals surface area contributed by atoms with E-state index in [-0.39, 0.29) is 0 Å². The van der Waals surface area contributed by atoms with E-state index in [0.29, 0.717) is 4.90 Å². The Hall–Kier alpha value is 0.0300. The van der Waals surface area contributed by atoms with Gasteiger partial charge in [0.05, 0.1) is 0 Å². The third kappa shape index (κ3) is 3.02. The van der Waals surface area contributed by atoms with Gasteiger partial charge in [-0.25, -0.2) is 0 Å². The maximum absolute atomic E-state index is 10.6. The Morgan fingerprint density at radius 2 is 2.14 bits per heavy atom. The normalized spacial score (nSPS) is 21.9. The number of hydrogen-bond acceptors (Lipinski definition) is 4. The van der Waals surface area contributed by atoms with Crippen LogP contribution in [-0.4, -0.2) is 25.5 Å². The molecule has 1 aromatic carbocycles. The van der Waals surface area contributed by atoms with Crippen LogP contribution in [-0.2, 0) is 11.1 Å². The summed E-state index contributed by atoms with van der Waals surface area (Å²) in [5.74, 6) is 2.40. The van der Waals surface area contributed by atoms with E-state index >= 15 is 0 Å². The molecule has 1 saturated heterocycles. The second-order valence-corrected chi connectivity index (χ2v) is 6.34. The van der Waals surface area contributed by atoms with Gasteiger partial charge in [0, 0.05) is 26.5 Å². The monoisotopic (exact) mass is 245 g/mol. The van der Waals surface area contributed by atoms with Crippen molar-refractivity contribution in [1.82, 2.24) is 0 Å². The van der Waals surface area contributed by atoms with E-state index in [1.807, 2.05) is 23.9 Å². The van der Waals surface area contributed by atoms with Gasteiger partial charge in [-0.15, -0.1) is 11.8 Å². The Labute approximate surface area is 94.1 Å². The molecular formula is C9H9O2S3-. The molecule has 2 rings (SSSR count). The molecular weight excluding hydrogens is 236 g/mol. The van der Waals surface area contributed by atoms with Crippen LogP contribution in [0.4, 0.5) is 0 Å². The molecule has 2 atom stereocenters. The molecule has 1 aliphatic rings. The molecule has 0 saturated carbocycles.